The molecule has 1 saturated heterocycles. The minimum Gasteiger partial charge on any atom is -0.314 e. The second-order valence-corrected chi connectivity index (χ2v) is 6.38. The van der Waals surface area contributed by atoms with Gasteiger partial charge in [-0.3, -0.25) is 0 Å². The highest BCUT2D eigenvalue weighted by Crippen LogP contribution is 2.46. The zero-order valence-electron chi connectivity index (χ0n) is 9.22. The van der Waals surface area contributed by atoms with Crippen LogP contribution in [-0.4, -0.2) is 33.1 Å². The summed E-state index contributed by atoms with van der Waals surface area (Å²) in [6, 6.07) is 0.723. The third kappa shape index (κ3) is 1.57. The van der Waals surface area contributed by atoms with Gasteiger partial charge >= 0.3 is 0 Å². The molecule has 5 heteroatoms. The van der Waals surface area contributed by atoms with Gasteiger partial charge in [0.1, 0.15) is 5.82 Å². The van der Waals surface area contributed by atoms with Crippen LogP contribution in [0.25, 0.3) is 0 Å². The highest BCUT2D eigenvalue weighted by molar-refractivity contribution is 7.99. The number of nitrogens with one attached hydrogen (secondary N) is 1. The largest absolute Gasteiger partial charge is 0.314 e. The Kier molecular flexibility index (Phi) is 2.05. The van der Waals surface area contributed by atoms with Gasteiger partial charge in [0.15, 0.2) is 5.16 Å². The Morgan fingerprint density at radius 3 is 2.50 bits per heavy atom. The van der Waals surface area contributed by atoms with Gasteiger partial charge in [-0.1, -0.05) is 11.8 Å². The van der Waals surface area contributed by atoms with E-state index in [1.807, 2.05) is 11.8 Å². The number of aromatic nitrogens is 3. The van der Waals surface area contributed by atoms with Crippen molar-refractivity contribution in [3.05, 3.63) is 5.82 Å². The lowest BCUT2D eigenvalue weighted by atomic mass is 10.3. The molecule has 0 amide bonds. The van der Waals surface area contributed by atoms with E-state index >= 15 is 0 Å². The predicted molar refractivity (Wildman–Crippen MR) is 62.8 cm³/mol. The summed E-state index contributed by atoms with van der Waals surface area (Å²) in [5.74, 6) is 2.00. The Bertz CT molecular complexity index is 404. The fraction of sp³-hybridized carbons (Fsp3) is 0.818. The van der Waals surface area contributed by atoms with E-state index < -0.39 is 0 Å². The number of hydrogen-bond acceptors (Lipinski definition) is 4. The minimum absolute atomic E-state index is 0.716. The number of nitrogens with zero attached hydrogens (tertiary/aromatic N) is 3. The smallest absolute Gasteiger partial charge is 0.191 e. The average molecular weight is 236 g/mol. The Balaban J connectivity index is 1.62. The van der Waals surface area contributed by atoms with E-state index in [0.717, 1.165) is 25.0 Å². The van der Waals surface area contributed by atoms with Crippen molar-refractivity contribution < 1.29 is 0 Å². The maximum absolute atomic E-state index is 4.42. The molecule has 0 radical (unpaired) electrons. The molecule has 1 aliphatic heterocycles. The molecular formula is C11H16N4S. The van der Waals surface area contributed by atoms with E-state index in [4.69, 9.17) is 0 Å². The molecule has 4 nitrogen and oxygen atoms in total. The zero-order valence-corrected chi connectivity index (χ0v) is 10.0. The van der Waals surface area contributed by atoms with E-state index in [2.05, 4.69) is 20.1 Å². The SMILES string of the molecule is C1NCC1Sc1nnc(C2CC2)n1C1CC1. The molecule has 3 fully saturated rings. The molecule has 0 aromatic carbocycles. The topological polar surface area (TPSA) is 42.7 Å². The Morgan fingerprint density at radius 2 is 1.94 bits per heavy atom. The van der Waals surface area contributed by atoms with Gasteiger partial charge in [0, 0.05) is 30.3 Å². The standard InChI is InChI=1S/C11H16N4S/c1-2-7(1)10-13-14-11(15(10)8-3-4-8)16-9-5-12-6-9/h7-9,12H,1-6H2. The van der Waals surface area contributed by atoms with Gasteiger partial charge in [0.25, 0.3) is 0 Å². The Hall–Kier alpha value is -0.550. The lowest BCUT2D eigenvalue weighted by Gasteiger charge is -2.25. The van der Waals surface area contributed by atoms with Crippen LogP contribution in [0.1, 0.15) is 43.5 Å². The fourth-order valence-electron chi connectivity index (χ4n) is 2.16. The Morgan fingerprint density at radius 1 is 1.12 bits per heavy atom. The number of hydrogen-bond donors (Lipinski definition) is 1. The quantitative estimate of drug-likeness (QED) is 0.861. The van der Waals surface area contributed by atoms with Crippen LogP contribution in [0.2, 0.25) is 0 Å². The molecule has 3 aliphatic rings. The maximum Gasteiger partial charge on any atom is 0.191 e. The Labute approximate surface area is 99.2 Å². The molecule has 4 rings (SSSR count). The fourth-order valence-corrected chi connectivity index (χ4v) is 3.30. The molecule has 1 N–H and O–H groups in total. The molecule has 1 aromatic rings. The van der Waals surface area contributed by atoms with Crippen molar-refractivity contribution in [2.24, 2.45) is 0 Å². The zero-order chi connectivity index (χ0) is 10.5. The van der Waals surface area contributed by atoms with Crippen molar-refractivity contribution in [1.29, 1.82) is 0 Å². The molecular weight excluding hydrogens is 220 g/mol. The monoisotopic (exact) mass is 236 g/mol. The summed E-state index contributed by atoms with van der Waals surface area (Å²) in [5.41, 5.74) is 0. The second kappa shape index (κ2) is 3.47. The molecule has 86 valence electrons. The molecule has 2 saturated carbocycles. The van der Waals surface area contributed by atoms with Gasteiger partial charge in [-0.05, 0) is 25.7 Å². The van der Waals surface area contributed by atoms with Gasteiger partial charge in [0.05, 0.1) is 0 Å². The molecule has 0 unspecified atom stereocenters. The van der Waals surface area contributed by atoms with E-state index in [9.17, 15) is 0 Å². The normalized spacial score (nSPS) is 25.8. The highest BCUT2D eigenvalue weighted by atomic mass is 32.2. The van der Waals surface area contributed by atoms with Gasteiger partial charge < -0.3 is 9.88 Å². The van der Waals surface area contributed by atoms with Crippen LogP contribution in [0.3, 0.4) is 0 Å². The third-order valence-electron chi connectivity index (χ3n) is 3.56. The summed E-state index contributed by atoms with van der Waals surface area (Å²) in [7, 11) is 0. The second-order valence-electron chi connectivity index (χ2n) is 5.11. The summed E-state index contributed by atoms with van der Waals surface area (Å²) in [4.78, 5) is 0. The minimum atomic E-state index is 0.716. The van der Waals surface area contributed by atoms with Crippen LogP contribution in [0.4, 0.5) is 0 Å². The van der Waals surface area contributed by atoms with Gasteiger partial charge in [-0.2, -0.15) is 0 Å². The van der Waals surface area contributed by atoms with Crippen molar-refractivity contribution >= 4 is 11.8 Å². The first-order valence-corrected chi connectivity index (χ1v) is 7.12. The summed E-state index contributed by atoms with van der Waals surface area (Å²) >= 11 is 1.92. The maximum atomic E-state index is 4.42. The summed E-state index contributed by atoms with van der Waals surface area (Å²) < 4.78 is 2.45. The van der Waals surface area contributed by atoms with E-state index in [-0.39, 0.29) is 0 Å². The van der Waals surface area contributed by atoms with Gasteiger partial charge in [-0.15, -0.1) is 10.2 Å². The molecule has 2 heterocycles. The molecule has 0 spiro atoms. The first-order chi connectivity index (χ1) is 7.92. The molecule has 1 aromatic heterocycles. The number of thioether (sulfide) groups is 1. The molecule has 2 aliphatic carbocycles. The first kappa shape index (κ1) is 9.48. The van der Waals surface area contributed by atoms with Crippen LogP contribution in [-0.2, 0) is 0 Å². The summed E-state index contributed by atoms with van der Waals surface area (Å²) in [6.07, 6.45) is 5.30. The van der Waals surface area contributed by atoms with Crippen LogP contribution < -0.4 is 5.32 Å². The van der Waals surface area contributed by atoms with Crippen molar-refractivity contribution in [2.75, 3.05) is 13.1 Å². The van der Waals surface area contributed by atoms with Crippen molar-refractivity contribution in [3.8, 4) is 0 Å². The van der Waals surface area contributed by atoms with E-state index in [0.29, 0.717) is 5.25 Å². The van der Waals surface area contributed by atoms with E-state index in [1.165, 1.54) is 36.7 Å². The number of rotatable bonds is 4. The molecule has 0 atom stereocenters. The van der Waals surface area contributed by atoms with Gasteiger partial charge in [0.2, 0.25) is 0 Å². The van der Waals surface area contributed by atoms with Crippen molar-refractivity contribution in [2.45, 2.75) is 48.0 Å². The third-order valence-corrected chi connectivity index (χ3v) is 4.72. The van der Waals surface area contributed by atoms with Crippen LogP contribution in [0.5, 0.6) is 0 Å². The lowest BCUT2D eigenvalue weighted by molar-refractivity contribution is 0.539. The van der Waals surface area contributed by atoms with E-state index in [1.54, 1.807) is 0 Å². The van der Waals surface area contributed by atoms with Crippen molar-refractivity contribution in [1.82, 2.24) is 20.1 Å². The lowest BCUT2D eigenvalue weighted by Crippen LogP contribution is -2.44. The van der Waals surface area contributed by atoms with Crippen LogP contribution in [0.15, 0.2) is 5.16 Å². The van der Waals surface area contributed by atoms with Crippen molar-refractivity contribution in [3.63, 3.8) is 0 Å². The first-order valence-electron chi connectivity index (χ1n) is 6.24. The highest BCUT2D eigenvalue weighted by Gasteiger charge is 2.37. The average Bonchev–Trinajstić information content (AvgIpc) is 3.10. The molecule has 16 heavy (non-hydrogen) atoms. The molecule has 0 bridgehead atoms. The van der Waals surface area contributed by atoms with Crippen LogP contribution >= 0.6 is 11.8 Å². The van der Waals surface area contributed by atoms with Gasteiger partial charge in [-0.25, -0.2) is 0 Å². The summed E-state index contributed by atoms with van der Waals surface area (Å²) in [5, 5.41) is 14.0. The van der Waals surface area contributed by atoms with Crippen LogP contribution in [0, 0.1) is 0 Å². The predicted octanol–water partition coefficient (Wildman–Crippen LogP) is 1.55. The summed E-state index contributed by atoms with van der Waals surface area (Å²) in [6.45, 7) is 2.25.